The summed E-state index contributed by atoms with van der Waals surface area (Å²) in [6.45, 7) is 0.522. The number of hydrogen-bond acceptors (Lipinski definition) is 2. The molecule has 44 valence electrons. The van der Waals surface area contributed by atoms with E-state index in [0.717, 1.165) is 0 Å². The molecule has 1 aliphatic rings. The van der Waals surface area contributed by atoms with Gasteiger partial charge < -0.3 is 10.6 Å². The monoisotopic (exact) mass is 176 g/mol. The van der Waals surface area contributed by atoms with E-state index in [0.29, 0.717) is 11.2 Å². The molecule has 0 saturated heterocycles. The van der Waals surface area contributed by atoms with Gasteiger partial charge in [-0.3, -0.25) is 4.79 Å². The highest BCUT2D eigenvalue weighted by Crippen LogP contribution is 2.03. The van der Waals surface area contributed by atoms with Gasteiger partial charge in [0.15, 0.2) is 0 Å². The van der Waals surface area contributed by atoms with Crippen molar-refractivity contribution >= 4 is 21.8 Å². The first-order chi connectivity index (χ1) is 3.80. The van der Waals surface area contributed by atoms with Crippen molar-refractivity contribution in [2.24, 2.45) is 0 Å². The van der Waals surface area contributed by atoms with Gasteiger partial charge in [0.2, 0.25) is 0 Å². The second-order valence-electron chi connectivity index (χ2n) is 1.38. The molecule has 0 unspecified atom stereocenters. The van der Waals surface area contributed by atoms with E-state index in [-0.39, 0.29) is 5.91 Å². The Morgan fingerprint density at radius 1 is 1.75 bits per heavy atom. The lowest BCUT2D eigenvalue weighted by molar-refractivity contribution is -0.117. The van der Waals surface area contributed by atoms with E-state index in [1.54, 1.807) is 6.20 Å². The number of rotatable bonds is 0. The standard InChI is InChI=1S/C4H5BrN2O/c5-3-1-6-2-7-4(3)8/h1,6H,2H2,(H,7,8). The smallest absolute Gasteiger partial charge is 0.261 e. The van der Waals surface area contributed by atoms with Gasteiger partial charge in [-0.15, -0.1) is 0 Å². The van der Waals surface area contributed by atoms with Crippen LogP contribution >= 0.6 is 15.9 Å². The van der Waals surface area contributed by atoms with E-state index >= 15 is 0 Å². The molecule has 0 radical (unpaired) electrons. The summed E-state index contributed by atoms with van der Waals surface area (Å²) in [5.74, 6) is -0.0660. The summed E-state index contributed by atoms with van der Waals surface area (Å²) in [6.07, 6.45) is 1.62. The Bertz CT molecular complexity index is 143. The van der Waals surface area contributed by atoms with Crippen LogP contribution in [0.3, 0.4) is 0 Å². The third-order valence-corrected chi connectivity index (χ3v) is 1.39. The van der Waals surface area contributed by atoms with Crippen molar-refractivity contribution in [2.75, 3.05) is 6.67 Å². The molecular formula is C4H5BrN2O. The summed E-state index contributed by atoms with van der Waals surface area (Å²) in [5.41, 5.74) is 0. The second kappa shape index (κ2) is 2.17. The van der Waals surface area contributed by atoms with Crippen LogP contribution in [-0.4, -0.2) is 12.6 Å². The van der Waals surface area contributed by atoms with E-state index in [2.05, 4.69) is 26.6 Å². The van der Waals surface area contributed by atoms with Gasteiger partial charge in [-0.2, -0.15) is 0 Å². The fraction of sp³-hybridized carbons (Fsp3) is 0.250. The van der Waals surface area contributed by atoms with Gasteiger partial charge >= 0.3 is 0 Å². The first-order valence-electron chi connectivity index (χ1n) is 2.18. The minimum Gasteiger partial charge on any atom is -0.373 e. The topological polar surface area (TPSA) is 41.1 Å². The van der Waals surface area contributed by atoms with Gasteiger partial charge in [0.1, 0.15) is 0 Å². The van der Waals surface area contributed by atoms with Crippen LogP contribution < -0.4 is 10.6 Å². The molecule has 0 aromatic heterocycles. The van der Waals surface area contributed by atoms with Gasteiger partial charge in [0, 0.05) is 6.20 Å². The molecule has 0 saturated carbocycles. The summed E-state index contributed by atoms with van der Waals surface area (Å²) in [7, 11) is 0. The lowest BCUT2D eigenvalue weighted by Gasteiger charge is -2.09. The van der Waals surface area contributed by atoms with Gasteiger partial charge in [-0.25, -0.2) is 0 Å². The number of amides is 1. The van der Waals surface area contributed by atoms with Crippen molar-refractivity contribution in [3.8, 4) is 0 Å². The molecule has 0 atom stereocenters. The molecule has 0 bridgehead atoms. The molecule has 0 spiro atoms. The van der Waals surface area contributed by atoms with Crippen LogP contribution in [0.5, 0.6) is 0 Å². The molecule has 0 aromatic rings. The van der Waals surface area contributed by atoms with E-state index in [9.17, 15) is 4.79 Å². The summed E-state index contributed by atoms with van der Waals surface area (Å²) in [5, 5.41) is 5.39. The molecule has 1 amide bonds. The lowest BCUT2D eigenvalue weighted by Crippen LogP contribution is -2.36. The Hall–Kier alpha value is -0.510. The summed E-state index contributed by atoms with van der Waals surface area (Å²) in [6, 6.07) is 0. The molecule has 0 aliphatic carbocycles. The minimum atomic E-state index is -0.0660. The first-order valence-corrected chi connectivity index (χ1v) is 2.97. The molecular weight excluding hydrogens is 172 g/mol. The zero-order chi connectivity index (χ0) is 5.98. The van der Waals surface area contributed by atoms with E-state index in [1.807, 2.05) is 0 Å². The SMILES string of the molecule is O=C1NCNC=C1Br. The van der Waals surface area contributed by atoms with E-state index in [1.165, 1.54) is 0 Å². The van der Waals surface area contributed by atoms with Crippen LogP contribution in [0.15, 0.2) is 10.7 Å². The van der Waals surface area contributed by atoms with Crippen molar-refractivity contribution in [3.05, 3.63) is 10.7 Å². The molecule has 3 nitrogen and oxygen atoms in total. The third kappa shape index (κ3) is 1.01. The van der Waals surface area contributed by atoms with Crippen LogP contribution in [0.25, 0.3) is 0 Å². The van der Waals surface area contributed by atoms with Gasteiger partial charge in [-0.1, -0.05) is 0 Å². The Balaban J connectivity index is 2.67. The zero-order valence-corrected chi connectivity index (χ0v) is 5.66. The zero-order valence-electron chi connectivity index (χ0n) is 4.07. The van der Waals surface area contributed by atoms with Crippen molar-refractivity contribution < 1.29 is 4.79 Å². The Kier molecular flexibility index (Phi) is 1.53. The highest BCUT2D eigenvalue weighted by atomic mass is 79.9. The molecule has 1 rings (SSSR count). The molecule has 1 aliphatic heterocycles. The Morgan fingerprint density at radius 3 is 2.88 bits per heavy atom. The maximum absolute atomic E-state index is 10.5. The van der Waals surface area contributed by atoms with E-state index < -0.39 is 0 Å². The first kappa shape index (κ1) is 5.62. The predicted molar refractivity (Wildman–Crippen MR) is 33.2 cm³/mol. The summed E-state index contributed by atoms with van der Waals surface area (Å²) >= 11 is 3.04. The fourth-order valence-corrected chi connectivity index (χ4v) is 0.724. The average molecular weight is 177 g/mol. The molecule has 2 N–H and O–H groups in total. The largest absolute Gasteiger partial charge is 0.373 e. The Labute approximate surface area is 55.3 Å². The maximum Gasteiger partial charge on any atom is 0.261 e. The van der Waals surface area contributed by atoms with Crippen LogP contribution in [0.2, 0.25) is 0 Å². The summed E-state index contributed by atoms with van der Waals surface area (Å²) < 4.78 is 0.545. The predicted octanol–water partition coefficient (Wildman–Crippen LogP) is -0.100. The van der Waals surface area contributed by atoms with Crippen LogP contribution in [0.1, 0.15) is 0 Å². The van der Waals surface area contributed by atoms with Gasteiger partial charge in [0.05, 0.1) is 11.2 Å². The Morgan fingerprint density at radius 2 is 2.50 bits per heavy atom. The van der Waals surface area contributed by atoms with Crippen LogP contribution in [-0.2, 0) is 4.79 Å². The fourth-order valence-electron chi connectivity index (χ4n) is 0.422. The highest BCUT2D eigenvalue weighted by Gasteiger charge is 2.06. The number of carbonyl (C=O) groups is 1. The average Bonchev–Trinajstić information content (AvgIpc) is 1.77. The van der Waals surface area contributed by atoms with Crippen LogP contribution in [0, 0.1) is 0 Å². The van der Waals surface area contributed by atoms with Gasteiger partial charge in [-0.05, 0) is 15.9 Å². The maximum atomic E-state index is 10.5. The normalized spacial score (nSPS) is 18.6. The molecule has 4 heteroatoms. The molecule has 0 aromatic carbocycles. The summed E-state index contributed by atoms with van der Waals surface area (Å²) in [4.78, 5) is 10.5. The number of halogens is 1. The van der Waals surface area contributed by atoms with Crippen molar-refractivity contribution in [3.63, 3.8) is 0 Å². The molecule has 1 heterocycles. The highest BCUT2D eigenvalue weighted by molar-refractivity contribution is 9.12. The number of carbonyl (C=O) groups excluding carboxylic acids is 1. The van der Waals surface area contributed by atoms with Crippen LogP contribution in [0.4, 0.5) is 0 Å². The van der Waals surface area contributed by atoms with Crippen molar-refractivity contribution in [1.82, 2.24) is 10.6 Å². The van der Waals surface area contributed by atoms with E-state index in [4.69, 9.17) is 0 Å². The molecule has 8 heavy (non-hydrogen) atoms. The van der Waals surface area contributed by atoms with Crippen molar-refractivity contribution in [2.45, 2.75) is 0 Å². The van der Waals surface area contributed by atoms with Gasteiger partial charge in [0.25, 0.3) is 5.91 Å². The van der Waals surface area contributed by atoms with Crippen molar-refractivity contribution in [1.29, 1.82) is 0 Å². The minimum absolute atomic E-state index is 0.0660. The number of hydrogen-bond donors (Lipinski definition) is 2. The quantitative estimate of drug-likeness (QED) is 0.542. The number of nitrogens with one attached hydrogen (secondary N) is 2. The lowest BCUT2D eigenvalue weighted by atomic mass is 10.5. The second-order valence-corrected chi connectivity index (χ2v) is 2.23. The third-order valence-electron chi connectivity index (χ3n) is 0.797. The molecule has 0 fully saturated rings.